The number of hydrogen-bond donors (Lipinski definition) is 3. The molecule has 0 aromatic heterocycles. The first kappa shape index (κ1) is 20.2. The van der Waals surface area contributed by atoms with Crippen LogP contribution in [0.15, 0.2) is 97.1 Å². The topological polar surface area (TPSA) is 70.2 Å². The van der Waals surface area contributed by atoms with Gasteiger partial charge in [-0.05, 0) is 52.7 Å². The highest BCUT2D eigenvalue weighted by Gasteiger charge is 2.07. The molecule has 0 atom stereocenters. The Morgan fingerprint density at radius 2 is 1.35 bits per heavy atom. The first-order valence-corrected chi connectivity index (χ1v) is 10.1. The molecule has 0 saturated heterocycles. The SMILES string of the molecule is O=C(CNc1ccc(C(=O)NCc2ccccc2)cc1)Nc1ccc2ccccc2c1. The summed E-state index contributed by atoms with van der Waals surface area (Å²) in [6.07, 6.45) is 0. The van der Waals surface area contributed by atoms with Gasteiger partial charge in [-0.1, -0.05) is 60.7 Å². The van der Waals surface area contributed by atoms with Gasteiger partial charge in [-0.2, -0.15) is 0 Å². The van der Waals surface area contributed by atoms with E-state index in [2.05, 4.69) is 16.0 Å². The van der Waals surface area contributed by atoms with Crippen molar-refractivity contribution in [2.24, 2.45) is 0 Å². The van der Waals surface area contributed by atoms with Crippen LogP contribution >= 0.6 is 0 Å². The maximum atomic E-state index is 12.3. The third-order valence-electron chi connectivity index (χ3n) is 4.93. The van der Waals surface area contributed by atoms with Crippen molar-refractivity contribution in [1.82, 2.24) is 5.32 Å². The summed E-state index contributed by atoms with van der Waals surface area (Å²) in [6, 6.07) is 30.7. The van der Waals surface area contributed by atoms with Gasteiger partial charge in [-0.15, -0.1) is 0 Å². The molecule has 5 nitrogen and oxygen atoms in total. The molecule has 4 rings (SSSR count). The fourth-order valence-corrected chi connectivity index (χ4v) is 3.27. The monoisotopic (exact) mass is 409 g/mol. The first-order valence-electron chi connectivity index (χ1n) is 10.1. The van der Waals surface area contributed by atoms with Gasteiger partial charge in [0, 0.05) is 23.5 Å². The molecule has 154 valence electrons. The summed E-state index contributed by atoms with van der Waals surface area (Å²) >= 11 is 0. The Bertz CT molecular complexity index is 1190. The third-order valence-corrected chi connectivity index (χ3v) is 4.93. The minimum absolute atomic E-state index is 0.131. The molecule has 3 N–H and O–H groups in total. The van der Waals surface area contributed by atoms with Crippen molar-refractivity contribution in [1.29, 1.82) is 0 Å². The molecule has 0 unspecified atom stereocenters. The predicted octanol–water partition coefficient (Wildman–Crippen LogP) is 4.82. The Hall–Kier alpha value is -4.12. The molecule has 0 heterocycles. The van der Waals surface area contributed by atoms with Crippen LogP contribution in [0.5, 0.6) is 0 Å². The molecule has 0 aliphatic heterocycles. The van der Waals surface area contributed by atoms with E-state index in [1.807, 2.05) is 72.8 Å². The molecule has 31 heavy (non-hydrogen) atoms. The quantitative estimate of drug-likeness (QED) is 0.410. The van der Waals surface area contributed by atoms with Crippen LogP contribution < -0.4 is 16.0 Å². The number of rotatable bonds is 7. The van der Waals surface area contributed by atoms with Crippen molar-refractivity contribution in [2.45, 2.75) is 6.54 Å². The van der Waals surface area contributed by atoms with Crippen molar-refractivity contribution < 1.29 is 9.59 Å². The predicted molar refractivity (Wildman–Crippen MR) is 125 cm³/mol. The van der Waals surface area contributed by atoms with Gasteiger partial charge < -0.3 is 16.0 Å². The lowest BCUT2D eigenvalue weighted by molar-refractivity contribution is -0.114. The Morgan fingerprint density at radius 3 is 2.13 bits per heavy atom. The van der Waals surface area contributed by atoms with Gasteiger partial charge in [0.2, 0.25) is 5.91 Å². The van der Waals surface area contributed by atoms with Crippen molar-refractivity contribution in [2.75, 3.05) is 17.2 Å². The molecule has 0 aliphatic carbocycles. The van der Waals surface area contributed by atoms with Gasteiger partial charge in [-0.3, -0.25) is 9.59 Å². The van der Waals surface area contributed by atoms with Crippen molar-refractivity contribution in [3.63, 3.8) is 0 Å². The number of nitrogens with one attached hydrogen (secondary N) is 3. The molecule has 0 aliphatic rings. The number of benzene rings is 4. The van der Waals surface area contributed by atoms with Gasteiger partial charge in [0.1, 0.15) is 0 Å². The first-order chi connectivity index (χ1) is 15.2. The largest absolute Gasteiger partial charge is 0.376 e. The molecular formula is C26H23N3O2. The lowest BCUT2D eigenvalue weighted by Crippen LogP contribution is -2.23. The number of carbonyl (C=O) groups is 2. The standard InChI is InChI=1S/C26H23N3O2/c30-25(29-24-15-10-20-8-4-5-9-22(20)16-24)18-27-23-13-11-21(12-14-23)26(31)28-17-19-6-2-1-3-7-19/h1-16,27H,17-18H2,(H,28,31)(H,29,30). The molecule has 0 bridgehead atoms. The van der Waals surface area contributed by atoms with Gasteiger partial charge in [-0.25, -0.2) is 0 Å². The number of amides is 2. The van der Waals surface area contributed by atoms with Crippen LogP contribution in [0.25, 0.3) is 10.8 Å². The Balaban J connectivity index is 1.27. The van der Waals surface area contributed by atoms with Crippen molar-refractivity contribution in [3.8, 4) is 0 Å². The molecule has 5 heteroatoms. The van der Waals surface area contributed by atoms with Crippen LogP contribution in [0, 0.1) is 0 Å². The van der Waals surface area contributed by atoms with E-state index in [-0.39, 0.29) is 18.4 Å². The molecule has 4 aromatic rings. The van der Waals surface area contributed by atoms with Gasteiger partial charge in [0.25, 0.3) is 5.91 Å². The maximum absolute atomic E-state index is 12.3. The van der Waals surface area contributed by atoms with E-state index in [1.54, 1.807) is 24.3 Å². The van der Waals surface area contributed by atoms with Crippen molar-refractivity contribution in [3.05, 3.63) is 108 Å². The molecule has 0 fully saturated rings. The zero-order valence-electron chi connectivity index (χ0n) is 17.0. The van der Waals surface area contributed by atoms with E-state index >= 15 is 0 Å². The van der Waals surface area contributed by atoms with Gasteiger partial charge in [0.15, 0.2) is 0 Å². The summed E-state index contributed by atoms with van der Waals surface area (Å²) in [5.74, 6) is -0.274. The molecule has 2 amide bonds. The fraction of sp³-hybridized carbons (Fsp3) is 0.0769. The lowest BCUT2D eigenvalue weighted by Gasteiger charge is -2.10. The van der Waals surface area contributed by atoms with Crippen LogP contribution in [0.1, 0.15) is 15.9 Å². The molecule has 0 saturated carbocycles. The molecule has 0 spiro atoms. The summed E-state index contributed by atoms with van der Waals surface area (Å²) in [4.78, 5) is 24.6. The average molecular weight is 409 g/mol. The highest BCUT2D eigenvalue weighted by molar-refractivity contribution is 5.97. The summed E-state index contributed by atoms with van der Waals surface area (Å²) in [5, 5.41) is 11.1. The zero-order chi connectivity index (χ0) is 21.5. The minimum Gasteiger partial charge on any atom is -0.376 e. The van der Waals surface area contributed by atoms with Crippen LogP contribution in [-0.2, 0) is 11.3 Å². The summed E-state index contributed by atoms with van der Waals surface area (Å²) in [6.45, 7) is 0.612. The summed E-state index contributed by atoms with van der Waals surface area (Å²) < 4.78 is 0. The number of anilines is 2. The third kappa shape index (κ3) is 5.48. The number of fused-ring (bicyclic) bond motifs is 1. The van der Waals surface area contributed by atoms with Crippen LogP contribution in [-0.4, -0.2) is 18.4 Å². The second-order valence-corrected chi connectivity index (χ2v) is 7.21. The molecule has 0 radical (unpaired) electrons. The summed E-state index contributed by atoms with van der Waals surface area (Å²) in [5.41, 5.74) is 3.15. The highest BCUT2D eigenvalue weighted by Crippen LogP contribution is 2.18. The zero-order valence-corrected chi connectivity index (χ0v) is 17.0. The van der Waals surface area contributed by atoms with Crippen LogP contribution in [0.4, 0.5) is 11.4 Å². The second kappa shape index (κ2) is 9.59. The maximum Gasteiger partial charge on any atom is 0.251 e. The highest BCUT2D eigenvalue weighted by atomic mass is 16.2. The second-order valence-electron chi connectivity index (χ2n) is 7.21. The Kier molecular flexibility index (Phi) is 6.24. The van der Waals surface area contributed by atoms with Crippen LogP contribution in [0.3, 0.4) is 0 Å². The van der Waals surface area contributed by atoms with Gasteiger partial charge >= 0.3 is 0 Å². The Morgan fingerprint density at radius 1 is 0.677 bits per heavy atom. The smallest absolute Gasteiger partial charge is 0.251 e. The minimum atomic E-state index is -0.139. The van der Waals surface area contributed by atoms with Gasteiger partial charge in [0.05, 0.1) is 6.54 Å². The fourth-order valence-electron chi connectivity index (χ4n) is 3.27. The van der Waals surface area contributed by atoms with Crippen LogP contribution in [0.2, 0.25) is 0 Å². The number of hydrogen-bond acceptors (Lipinski definition) is 3. The number of carbonyl (C=O) groups excluding carboxylic acids is 2. The molecule has 4 aromatic carbocycles. The lowest BCUT2D eigenvalue weighted by atomic mass is 10.1. The Labute approximate surface area is 181 Å². The van der Waals surface area contributed by atoms with E-state index in [0.29, 0.717) is 12.1 Å². The average Bonchev–Trinajstić information content (AvgIpc) is 2.82. The van der Waals surface area contributed by atoms with E-state index in [4.69, 9.17) is 0 Å². The molecular weight excluding hydrogens is 386 g/mol. The van der Waals surface area contributed by atoms with E-state index in [0.717, 1.165) is 27.7 Å². The van der Waals surface area contributed by atoms with Crippen molar-refractivity contribution >= 4 is 34.0 Å². The normalized spacial score (nSPS) is 10.5. The van der Waals surface area contributed by atoms with E-state index in [1.165, 1.54) is 0 Å². The van der Waals surface area contributed by atoms with E-state index < -0.39 is 0 Å². The van der Waals surface area contributed by atoms with E-state index in [9.17, 15) is 9.59 Å². The summed E-state index contributed by atoms with van der Waals surface area (Å²) in [7, 11) is 0.